The highest BCUT2D eigenvalue weighted by Crippen LogP contribution is 2.33. The third kappa shape index (κ3) is 1.87. The van der Waals surface area contributed by atoms with E-state index in [9.17, 15) is 10.1 Å². The summed E-state index contributed by atoms with van der Waals surface area (Å²) in [7, 11) is 0. The number of hydrogen-bond donors (Lipinski definition) is 0. The molecule has 0 spiro atoms. The third-order valence-corrected chi connectivity index (χ3v) is 3.11. The van der Waals surface area contributed by atoms with E-state index >= 15 is 0 Å². The maximum absolute atomic E-state index is 10.4. The largest absolute Gasteiger partial charge is 0.324 e. The fraction of sp³-hybridized carbons (Fsp3) is 0.333. The van der Waals surface area contributed by atoms with Crippen LogP contribution >= 0.6 is 11.3 Å². The van der Waals surface area contributed by atoms with Crippen LogP contribution in [0.4, 0.5) is 5.00 Å². The highest BCUT2D eigenvalue weighted by atomic mass is 32.1. The molecular formula is C9H9NO2S. The van der Waals surface area contributed by atoms with E-state index in [0.29, 0.717) is 0 Å². The van der Waals surface area contributed by atoms with E-state index in [2.05, 4.69) is 5.92 Å². The summed E-state index contributed by atoms with van der Waals surface area (Å²) in [5.74, 6) is 2.60. The Morgan fingerprint density at radius 3 is 2.62 bits per heavy atom. The minimum atomic E-state index is -0.418. The minimum absolute atomic E-state index is 0.137. The Kier molecular flexibility index (Phi) is 2.39. The van der Waals surface area contributed by atoms with Crippen LogP contribution in [-0.4, -0.2) is 4.92 Å². The Hall–Kier alpha value is -1.34. The van der Waals surface area contributed by atoms with Gasteiger partial charge in [-0.15, -0.1) is 6.42 Å². The van der Waals surface area contributed by atoms with Gasteiger partial charge in [0.05, 0.1) is 10.3 Å². The molecule has 3 nitrogen and oxygen atoms in total. The standard InChI is InChI=1S/C9H9NO2S/c1-4-9(2,3)7-5-6-8(13-7)10(11)12/h1,5-6H,2-3H3. The smallest absolute Gasteiger partial charge is 0.258 e. The number of thiophene rings is 1. The summed E-state index contributed by atoms with van der Waals surface area (Å²) in [5, 5.41) is 10.5. The predicted octanol–water partition coefficient (Wildman–Crippen LogP) is 2.57. The van der Waals surface area contributed by atoms with Crippen molar-refractivity contribution in [2.24, 2.45) is 0 Å². The van der Waals surface area contributed by atoms with Gasteiger partial charge >= 0.3 is 5.00 Å². The van der Waals surface area contributed by atoms with Crippen LogP contribution in [0.25, 0.3) is 0 Å². The molecule has 4 heteroatoms. The maximum Gasteiger partial charge on any atom is 0.324 e. The Morgan fingerprint density at radius 2 is 2.23 bits per heavy atom. The summed E-state index contributed by atoms with van der Waals surface area (Å²) < 4.78 is 0. The number of nitrogens with zero attached hydrogens (tertiary/aromatic N) is 1. The van der Waals surface area contributed by atoms with Crippen LogP contribution in [0.15, 0.2) is 12.1 Å². The molecule has 1 heterocycles. The van der Waals surface area contributed by atoms with E-state index in [0.717, 1.165) is 16.2 Å². The summed E-state index contributed by atoms with van der Waals surface area (Å²) >= 11 is 1.13. The van der Waals surface area contributed by atoms with Gasteiger partial charge in [-0.2, -0.15) is 0 Å². The molecule has 0 radical (unpaired) electrons. The fourth-order valence-electron chi connectivity index (χ4n) is 0.833. The van der Waals surface area contributed by atoms with Gasteiger partial charge in [-0.25, -0.2) is 0 Å². The molecule has 1 aromatic rings. The highest BCUT2D eigenvalue weighted by Gasteiger charge is 2.22. The molecule has 0 aromatic carbocycles. The molecule has 1 aromatic heterocycles. The molecule has 68 valence electrons. The number of rotatable bonds is 2. The van der Waals surface area contributed by atoms with Gasteiger partial charge in [0.15, 0.2) is 0 Å². The molecule has 0 amide bonds. The first-order chi connectivity index (χ1) is 5.97. The van der Waals surface area contributed by atoms with Gasteiger partial charge in [-0.1, -0.05) is 17.3 Å². The second-order valence-electron chi connectivity index (χ2n) is 3.16. The van der Waals surface area contributed by atoms with Crippen molar-refractivity contribution >= 4 is 16.3 Å². The molecule has 0 aliphatic carbocycles. The van der Waals surface area contributed by atoms with Crippen molar-refractivity contribution in [3.63, 3.8) is 0 Å². The van der Waals surface area contributed by atoms with E-state index in [4.69, 9.17) is 6.42 Å². The van der Waals surface area contributed by atoms with Crippen LogP contribution in [0, 0.1) is 22.5 Å². The Balaban J connectivity index is 3.07. The van der Waals surface area contributed by atoms with E-state index in [-0.39, 0.29) is 5.00 Å². The number of hydrogen-bond acceptors (Lipinski definition) is 3. The molecule has 1 rings (SSSR count). The van der Waals surface area contributed by atoms with Gasteiger partial charge < -0.3 is 0 Å². The van der Waals surface area contributed by atoms with Crippen molar-refractivity contribution in [1.82, 2.24) is 0 Å². The Morgan fingerprint density at radius 1 is 1.62 bits per heavy atom. The summed E-state index contributed by atoms with van der Waals surface area (Å²) in [5.41, 5.74) is -0.418. The van der Waals surface area contributed by atoms with Crippen molar-refractivity contribution in [1.29, 1.82) is 0 Å². The van der Waals surface area contributed by atoms with Gasteiger partial charge in [0.2, 0.25) is 0 Å². The van der Waals surface area contributed by atoms with Crippen molar-refractivity contribution in [2.75, 3.05) is 0 Å². The van der Waals surface area contributed by atoms with Crippen molar-refractivity contribution < 1.29 is 4.92 Å². The molecule has 0 aliphatic rings. The Labute approximate surface area is 80.5 Å². The zero-order chi connectivity index (χ0) is 10.1. The lowest BCUT2D eigenvalue weighted by Gasteiger charge is -2.13. The average Bonchev–Trinajstić information content (AvgIpc) is 2.52. The fourth-order valence-corrected chi connectivity index (χ4v) is 1.72. The quantitative estimate of drug-likeness (QED) is 0.413. The first-order valence-electron chi connectivity index (χ1n) is 3.70. The molecule has 0 saturated carbocycles. The van der Waals surface area contributed by atoms with Gasteiger partial charge in [-0.3, -0.25) is 10.1 Å². The van der Waals surface area contributed by atoms with E-state index in [1.54, 1.807) is 6.07 Å². The first-order valence-corrected chi connectivity index (χ1v) is 4.51. The second kappa shape index (κ2) is 3.19. The first kappa shape index (κ1) is 9.75. The van der Waals surface area contributed by atoms with Crippen LogP contribution in [-0.2, 0) is 5.41 Å². The summed E-state index contributed by atoms with van der Waals surface area (Å²) in [4.78, 5) is 10.8. The van der Waals surface area contributed by atoms with Crippen LogP contribution in [0.1, 0.15) is 18.7 Å². The number of nitro groups is 1. The third-order valence-electron chi connectivity index (χ3n) is 1.75. The normalized spacial score (nSPS) is 10.8. The van der Waals surface area contributed by atoms with Gasteiger partial charge in [0, 0.05) is 10.9 Å². The molecule has 0 atom stereocenters. The second-order valence-corrected chi connectivity index (χ2v) is 4.23. The molecule has 0 saturated heterocycles. The SMILES string of the molecule is C#CC(C)(C)c1ccc([N+](=O)[O-])s1. The Bertz CT molecular complexity index is 373. The van der Waals surface area contributed by atoms with Crippen LogP contribution in [0.3, 0.4) is 0 Å². The minimum Gasteiger partial charge on any atom is -0.258 e. The topological polar surface area (TPSA) is 43.1 Å². The molecular weight excluding hydrogens is 186 g/mol. The lowest BCUT2D eigenvalue weighted by atomic mass is 9.93. The molecule has 0 aliphatic heterocycles. The molecule has 0 unspecified atom stereocenters. The summed E-state index contributed by atoms with van der Waals surface area (Å²) in [6, 6.07) is 3.20. The van der Waals surface area contributed by atoms with Crippen LogP contribution < -0.4 is 0 Å². The summed E-state index contributed by atoms with van der Waals surface area (Å²) in [6.07, 6.45) is 5.31. The van der Waals surface area contributed by atoms with E-state index in [1.165, 1.54) is 6.07 Å². The van der Waals surface area contributed by atoms with Crippen LogP contribution in [0.5, 0.6) is 0 Å². The molecule has 0 bridgehead atoms. The van der Waals surface area contributed by atoms with Crippen LogP contribution in [0.2, 0.25) is 0 Å². The van der Waals surface area contributed by atoms with Crippen molar-refractivity contribution in [2.45, 2.75) is 19.3 Å². The van der Waals surface area contributed by atoms with E-state index < -0.39 is 10.3 Å². The lowest BCUT2D eigenvalue weighted by molar-refractivity contribution is -0.380. The maximum atomic E-state index is 10.4. The lowest BCUT2D eigenvalue weighted by Crippen LogP contribution is -2.10. The molecule has 0 N–H and O–H groups in total. The monoisotopic (exact) mass is 195 g/mol. The van der Waals surface area contributed by atoms with Gasteiger partial charge in [0.25, 0.3) is 0 Å². The highest BCUT2D eigenvalue weighted by molar-refractivity contribution is 7.15. The van der Waals surface area contributed by atoms with Crippen molar-refractivity contribution in [3.8, 4) is 12.3 Å². The van der Waals surface area contributed by atoms with Crippen molar-refractivity contribution in [3.05, 3.63) is 27.1 Å². The van der Waals surface area contributed by atoms with Gasteiger partial charge in [0.1, 0.15) is 0 Å². The average molecular weight is 195 g/mol. The molecule has 13 heavy (non-hydrogen) atoms. The number of terminal acetylenes is 1. The summed E-state index contributed by atoms with van der Waals surface area (Å²) in [6.45, 7) is 3.73. The zero-order valence-corrected chi connectivity index (χ0v) is 8.22. The molecule has 0 fully saturated rings. The predicted molar refractivity (Wildman–Crippen MR) is 52.8 cm³/mol. The zero-order valence-electron chi connectivity index (χ0n) is 7.40. The van der Waals surface area contributed by atoms with Gasteiger partial charge in [-0.05, 0) is 19.9 Å². The van der Waals surface area contributed by atoms with E-state index in [1.807, 2.05) is 13.8 Å².